The molecule has 0 aliphatic heterocycles. The Hall–Kier alpha value is -2.84. The summed E-state index contributed by atoms with van der Waals surface area (Å²) in [4.78, 5) is 8.20. The summed E-state index contributed by atoms with van der Waals surface area (Å²) in [6.07, 6.45) is 11.4. The average Bonchev–Trinajstić information content (AvgIpc) is 2.67. The van der Waals surface area contributed by atoms with E-state index in [1.807, 2.05) is 49.4 Å². The van der Waals surface area contributed by atoms with Crippen LogP contribution in [0.5, 0.6) is 0 Å². The second-order valence-corrected chi connectivity index (χ2v) is 8.62. The summed E-state index contributed by atoms with van der Waals surface area (Å²) in [5.74, 6) is 0. The van der Waals surface area contributed by atoms with E-state index in [4.69, 9.17) is 4.98 Å². The second kappa shape index (κ2) is 9.02. The lowest BCUT2D eigenvalue weighted by Gasteiger charge is -2.42. The van der Waals surface area contributed by atoms with Crippen molar-refractivity contribution in [2.24, 2.45) is 0 Å². The molecule has 0 aliphatic rings. The van der Waals surface area contributed by atoms with Crippen LogP contribution in [-0.4, -0.2) is 4.98 Å². The summed E-state index contributed by atoms with van der Waals surface area (Å²) in [5, 5.41) is 0.990. The first-order valence-corrected chi connectivity index (χ1v) is 10.0. The summed E-state index contributed by atoms with van der Waals surface area (Å²) < 4.78 is 0. The Balaban J connectivity index is 3.06. The highest BCUT2D eigenvalue weighted by atomic mass is 32.3. The molecule has 0 spiro atoms. The van der Waals surface area contributed by atoms with Crippen LogP contribution in [0.3, 0.4) is 0 Å². The van der Waals surface area contributed by atoms with E-state index in [1.54, 1.807) is 12.2 Å². The minimum absolute atomic E-state index is 0.972. The Morgan fingerprint density at radius 1 is 0.808 bits per heavy atom. The smallest absolute Gasteiger partial charge is 0.0914 e. The number of aromatic nitrogens is 1. The van der Waals surface area contributed by atoms with Gasteiger partial charge in [0.25, 0.3) is 0 Å². The molecule has 0 saturated carbocycles. The fraction of sp³-hybridized carbons (Fsp3) is 0.0417. The van der Waals surface area contributed by atoms with Crippen LogP contribution in [0.15, 0.2) is 131 Å². The van der Waals surface area contributed by atoms with E-state index in [0.717, 1.165) is 20.5 Å². The second-order valence-electron chi connectivity index (χ2n) is 5.56. The summed E-state index contributed by atoms with van der Waals surface area (Å²) in [7, 11) is -1.85. The van der Waals surface area contributed by atoms with Crippen LogP contribution in [-0.2, 0) is 0 Å². The number of aryl methyl sites for hydroxylation is 1. The largest absolute Gasteiger partial charge is 0.247 e. The molecule has 2 heteroatoms. The highest BCUT2D eigenvalue weighted by molar-refractivity contribution is 8.40. The lowest BCUT2D eigenvalue weighted by atomic mass is 10.4. The molecule has 0 fully saturated rings. The lowest BCUT2D eigenvalue weighted by molar-refractivity contribution is 1.05. The number of hydrogen-bond donors (Lipinski definition) is 0. The zero-order valence-corrected chi connectivity index (χ0v) is 16.1. The van der Waals surface area contributed by atoms with Crippen LogP contribution in [0.4, 0.5) is 0 Å². The van der Waals surface area contributed by atoms with Crippen molar-refractivity contribution in [2.45, 2.75) is 16.8 Å². The molecule has 0 saturated heterocycles. The van der Waals surface area contributed by atoms with Gasteiger partial charge in [-0.1, -0.05) is 74.9 Å². The first-order chi connectivity index (χ1) is 12.6. The maximum atomic E-state index is 4.92. The topological polar surface area (TPSA) is 12.9 Å². The summed E-state index contributed by atoms with van der Waals surface area (Å²) in [6, 6.07) is 16.5. The van der Waals surface area contributed by atoms with Gasteiger partial charge < -0.3 is 0 Å². The minimum atomic E-state index is -1.85. The number of nitrogens with zero attached hydrogens (tertiary/aromatic N) is 1. The SMILES string of the molecule is C=C/C=C(\C=C)S(/C(C=C)=C/C=C)(c1ccccc1)c1cccc(C)n1. The first-order valence-electron chi connectivity index (χ1n) is 8.37. The van der Waals surface area contributed by atoms with Gasteiger partial charge in [-0.3, -0.25) is 0 Å². The van der Waals surface area contributed by atoms with Gasteiger partial charge in [0, 0.05) is 20.4 Å². The molecule has 0 amide bonds. The third-order valence-corrected chi connectivity index (χ3v) is 7.80. The third-order valence-electron chi connectivity index (χ3n) is 3.95. The maximum Gasteiger partial charge on any atom is 0.0914 e. The molecule has 2 rings (SSSR count). The fourth-order valence-electron chi connectivity index (χ4n) is 2.91. The fourth-order valence-corrected chi connectivity index (χ4v) is 6.68. The van der Waals surface area contributed by atoms with Crippen molar-refractivity contribution in [2.75, 3.05) is 0 Å². The van der Waals surface area contributed by atoms with E-state index in [-0.39, 0.29) is 0 Å². The van der Waals surface area contributed by atoms with Gasteiger partial charge in [0.05, 0.1) is 5.03 Å². The summed E-state index contributed by atoms with van der Waals surface area (Å²) in [5.41, 5.74) is 0.972. The van der Waals surface area contributed by atoms with Gasteiger partial charge >= 0.3 is 0 Å². The average molecular weight is 360 g/mol. The van der Waals surface area contributed by atoms with Gasteiger partial charge in [-0.25, -0.2) is 4.98 Å². The predicted octanol–water partition coefficient (Wildman–Crippen LogP) is 7.12. The molecule has 2 aromatic rings. The van der Waals surface area contributed by atoms with Crippen molar-refractivity contribution in [3.05, 3.63) is 127 Å². The van der Waals surface area contributed by atoms with Crippen LogP contribution >= 0.6 is 10.0 Å². The molecule has 0 atom stereocenters. The van der Waals surface area contributed by atoms with Crippen LogP contribution < -0.4 is 0 Å². The quantitative estimate of drug-likeness (QED) is 0.457. The van der Waals surface area contributed by atoms with E-state index in [2.05, 4.69) is 56.6 Å². The molecule has 0 bridgehead atoms. The van der Waals surface area contributed by atoms with Crippen LogP contribution in [0, 0.1) is 6.92 Å². The van der Waals surface area contributed by atoms with Crippen LogP contribution in [0.2, 0.25) is 0 Å². The Morgan fingerprint density at radius 2 is 1.38 bits per heavy atom. The molecule has 132 valence electrons. The Labute approximate surface area is 158 Å². The molecular weight excluding hydrogens is 334 g/mol. The normalized spacial score (nSPS) is 15.4. The zero-order valence-electron chi connectivity index (χ0n) is 15.3. The molecule has 1 heterocycles. The standard InChI is InChI=1S/C24H25NS/c1-6-14-21(8-3)26(22(9-4)15-7-2,23-17-11-10-12-18-23)24-19-13-16-20(5)25-24/h6-19H,1-4H2,5H3/b21-14+,22-15+. The molecule has 1 nitrogen and oxygen atoms in total. The number of hydrogen-bond acceptors (Lipinski definition) is 1. The van der Waals surface area contributed by atoms with Crippen molar-refractivity contribution in [1.29, 1.82) is 0 Å². The third kappa shape index (κ3) is 3.56. The van der Waals surface area contributed by atoms with E-state index < -0.39 is 10.0 Å². The van der Waals surface area contributed by atoms with Crippen molar-refractivity contribution in [3.8, 4) is 0 Å². The minimum Gasteiger partial charge on any atom is -0.247 e. The molecule has 1 aromatic carbocycles. The van der Waals surface area contributed by atoms with Gasteiger partial charge in [0.2, 0.25) is 0 Å². The number of benzene rings is 1. The number of rotatable bonds is 8. The van der Waals surface area contributed by atoms with Crippen LogP contribution in [0.25, 0.3) is 0 Å². The number of pyridine rings is 1. The Morgan fingerprint density at radius 3 is 1.85 bits per heavy atom. The van der Waals surface area contributed by atoms with E-state index >= 15 is 0 Å². The van der Waals surface area contributed by atoms with E-state index in [0.29, 0.717) is 0 Å². The first kappa shape index (κ1) is 19.5. The maximum absolute atomic E-state index is 4.92. The predicted molar refractivity (Wildman–Crippen MR) is 116 cm³/mol. The molecule has 0 unspecified atom stereocenters. The molecule has 26 heavy (non-hydrogen) atoms. The monoisotopic (exact) mass is 359 g/mol. The zero-order chi connectivity index (χ0) is 19.0. The van der Waals surface area contributed by atoms with Crippen molar-refractivity contribution < 1.29 is 0 Å². The van der Waals surface area contributed by atoms with Gasteiger partial charge in [-0.2, -0.15) is 0 Å². The Kier molecular flexibility index (Phi) is 6.76. The molecule has 0 N–H and O–H groups in total. The molecular formula is C24H25NS. The summed E-state index contributed by atoms with van der Waals surface area (Å²) >= 11 is 0. The lowest BCUT2D eigenvalue weighted by Crippen LogP contribution is -2.09. The molecule has 0 aliphatic carbocycles. The Bertz CT molecular complexity index is 842. The van der Waals surface area contributed by atoms with Crippen molar-refractivity contribution in [3.63, 3.8) is 0 Å². The summed E-state index contributed by atoms with van der Waals surface area (Å²) in [6.45, 7) is 18.0. The van der Waals surface area contributed by atoms with Gasteiger partial charge in [0.15, 0.2) is 0 Å². The van der Waals surface area contributed by atoms with Gasteiger partial charge in [-0.05, 0) is 43.3 Å². The number of allylic oxidation sites excluding steroid dienone is 6. The van der Waals surface area contributed by atoms with E-state index in [1.165, 1.54) is 4.90 Å². The highest BCUT2D eigenvalue weighted by Crippen LogP contribution is 2.73. The van der Waals surface area contributed by atoms with Gasteiger partial charge in [-0.15, -0.1) is 10.0 Å². The van der Waals surface area contributed by atoms with Crippen molar-refractivity contribution >= 4 is 10.0 Å². The van der Waals surface area contributed by atoms with Crippen molar-refractivity contribution in [1.82, 2.24) is 4.98 Å². The van der Waals surface area contributed by atoms with E-state index in [9.17, 15) is 0 Å². The molecule has 1 aromatic heterocycles. The molecule has 0 radical (unpaired) electrons. The highest BCUT2D eigenvalue weighted by Gasteiger charge is 2.35. The van der Waals surface area contributed by atoms with Gasteiger partial charge in [0.1, 0.15) is 0 Å². The van der Waals surface area contributed by atoms with Crippen LogP contribution in [0.1, 0.15) is 5.69 Å².